The lowest BCUT2D eigenvalue weighted by molar-refractivity contribution is 0.326. The lowest BCUT2D eigenvalue weighted by Crippen LogP contribution is -2.32. The Kier molecular flexibility index (Phi) is 5.80. The molecule has 0 N–H and O–H groups in total. The van der Waals surface area contributed by atoms with Crippen LogP contribution >= 0.6 is 11.5 Å². The summed E-state index contributed by atoms with van der Waals surface area (Å²) in [6.07, 6.45) is 7.31. The molecule has 1 aliphatic carbocycles. The smallest absolute Gasteiger partial charge is 0.229 e. The second-order valence-electron chi connectivity index (χ2n) is 8.45. The summed E-state index contributed by atoms with van der Waals surface area (Å²) in [5.41, 5.74) is 0.986. The number of hydrogen-bond acceptors (Lipinski definition) is 9. The van der Waals surface area contributed by atoms with Gasteiger partial charge in [-0.3, -0.25) is 0 Å². The highest BCUT2D eigenvalue weighted by Gasteiger charge is 2.28. The van der Waals surface area contributed by atoms with Gasteiger partial charge in [0.25, 0.3) is 0 Å². The summed E-state index contributed by atoms with van der Waals surface area (Å²) < 4.78 is 33.7. The maximum Gasteiger partial charge on any atom is 0.229 e. The number of aromatic nitrogens is 4. The minimum atomic E-state index is -3.17. The maximum atomic E-state index is 11.9. The summed E-state index contributed by atoms with van der Waals surface area (Å²) >= 11 is 1.40. The Morgan fingerprint density at radius 1 is 1.20 bits per heavy atom. The lowest BCUT2D eigenvalue weighted by Gasteiger charge is -2.29. The Labute approximate surface area is 181 Å². The van der Waals surface area contributed by atoms with Crippen LogP contribution in [-0.4, -0.2) is 47.3 Å². The van der Waals surface area contributed by atoms with Crippen LogP contribution in [0.15, 0.2) is 21.6 Å². The van der Waals surface area contributed by atoms with E-state index in [1.807, 2.05) is 13.0 Å². The quantitative estimate of drug-likeness (QED) is 0.679. The highest BCUT2D eigenvalue weighted by molar-refractivity contribution is 7.94. The molecular formula is C20H27N5O3S2. The van der Waals surface area contributed by atoms with Crippen LogP contribution in [0.1, 0.15) is 69.4 Å². The molecule has 2 aromatic rings. The highest BCUT2D eigenvalue weighted by Crippen LogP contribution is 2.35. The summed E-state index contributed by atoms with van der Waals surface area (Å²) in [5, 5.41) is 4.99. The van der Waals surface area contributed by atoms with Crippen molar-refractivity contribution in [1.29, 1.82) is 0 Å². The molecule has 162 valence electrons. The third-order valence-corrected chi connectivity index (χ3v) is 7.85. The van der Waals surface area contributed by atoms with Gasteiger partial charge >= 0.3 is 0 Å². The topological polar surface area (TPSA) is 102 Å². The van der Waals surface area contributed by atoms with Gasteiger partial charge in [-0.1, -0.05) is 32.0 Å². The van der Waals surface area contributed by atoms with E-state index in [1.54, 1.807) is 6.08 Å². The highest BCUT2D eigenvalue weighted by atomic mass is 32.2. The predicted octanol–water partition coefficient (Wildman–Crippen LogP) is 3.78. The van der Waals surface area contributed by atoms with Gasteiger partial charge in [0.05, 0.1) is 0 Å². The van der Waals surface area contributed by atoms with Gasteiger partial charge in [0, 0.05) is 47.6 Å². The monoisotopic (exact) mass is 449 g/mol. The van der Waals surface area contributed by atoms with Crippen LogP contribution < -0.4 is 4.90 Å². The number of sulfone groups is 1. The first-order chi connectivity index (χ1) is 14.2. The molecule has 30 heavy (non-hydrogen) atoms. The molecule has 0 aromatic carbocycles. The van der Waals surface area contributed by atoms with E-state index in [4.69, 9.17) is 9.51 Å². The number of piperidine rings is 1. The van der Waals surface area contributed by atoms with Crippen LogP contribution in [-0.2, 0) is 9.84 Å². The molecule has 10 heteroatoms. The van der Waals surface area contributed by atoms with Gasteiger partial charge in [-0.25, -0.2) is 8.42 Å². The zero-order valence-electron chi connectivity index (χ0n) is 17.7. The van der Waals surface area contributed by atoms with Crippen LogP contribution in [0.25, 0.3) is 5.57 Å². The van der Waals surface area contributed by atoms with Crippen molar-refractivity contribution in [2.45, 2.75) is 51.9 Å². The summed E-state index contributed by atoms with van der Waals surface area (Å²) in [5.74, 6) is 2.70. The van der Waals surface area contributed by atoms with Crippen LogP contribution in [0.3, 0.4) is 0 Å². The van der Waals surface area contributed by atoms with E-state index >= 15 is 0 Å². The maximum absolute atomic E-state index is 11.9. The molecule has 1 atom stereocenters. The zero-order chi connectivity index (χ0) is 21.5. The summed E-state index contributed by atoms with van der Waals surface area (Å²) in [6.45, 7) is 7.79. The van der Waals surface area contributed by atoms with E-state index in [-0.39, 0.29) is 17.8 Å². The molecule has 0 saturated carbocycles. The Morgan fingerprint density at radius 2 is 1.93 bits per heavy atom. The first-order valence-corrected chi connectivity index (χ1v) is 12.9. The molecule has 8 nitrogen and oxygen atoms in total. The van der Waals surface area contributed by atoms with Crippen molar-refractivity contribution < 1.29 is 12.9 Å². The average Bonchev–Trinajstić information content (AvgIpc) is 3.37. The van der Waals surface area contributed by atoms with E-state index < -0.39 is 9.84 Å². The minimum Gasteiger partial charge on any atom is -0.347 e. The van der Waals surface area contributed by atoms with Crippen LogP contribution in [0, 0.1) is 5.92 Å². The van der Waals surface area contributed by atoms with Gasteiger partial charge in [0.15, 0.2) is 21.5 Å². The average molecular weight is 450 g/mol. The number of rotatable bonds is 5. The molecule has 0 amide bonds. The van der Waals surface area contributed by atoms with E-state index in [2.05, 4.69) is 33.3 Å². The Morgan fingerprint density at radius 3 is 2.53 bits per heavy atom. The van der Waals surface area contributed by atoms with E-state index in [0.717, 1.165) is 48.4 Å². The SMILES string of the molecule is CC1CC(c2nsc(N3CCC(c4nc(C(C)C)no4)CC3)n2)=CC=C1S(C)(=O)=O. The summed E-state index contributed by atoms with van der Waals surface area (Å²) in [7, 11) is -3.17. The van der Waals surface area contributed by atoms with Crippen molar-refractivity contribution in [3.8, 4) is 0 Å². The third kappa shape index (κ3) is 4.34. The van der Waals surface area contributed by atoms with E-state index in [9.17, 15) is 8.42 Å². The zero-order valence-corrected chi connectivity index (χ0v) is 19.3. The fourth-order valence-corrected chi connectivity index (χ4v) is 5.82. The van der Waals surface area contributed by atoms with Gasteiger partial charge in [0.1, 0.15) is 0 Å². The minimum absolute atomic E-state index is 0.0622. The van der Waals surface area contributed by atoms with Gasteiger partial charge in [-0.2, -0.15) is 14.3 Å². The van der Waals surface area contributed by atoms with Crippen LogP contribution in [0.4, 0.5) is 5.13 Å². The van der Waals surface area contributed by atoms with Crippen molar-refractivity contribution in [3.63, 3.8) is 0 Å². The molecule has 2 aromatic heterocycles. The predicted molar refractivity (Wildman–Crippen MR) is 117 cm³/mol. The van der Waals surface area contributed by atoms with Crippen LogP contribution in [0.5, 0.6) is 0 Å². The molecule has 2 aliphatic rings. The molecular weight excluding hydrogens is 422 g/mol. The number of allylic oxidation sites excluding steroid dienone is 4. The molecule has 1 saturated heterocycles. The third-order valence-electron chi connectivity index (χ3n) is 5.68. The normalized spacial score (nSPS) is 21.1. The van der Waals surface area contributed by atoms with E-state index in [0.29, 0.717) is 17.2 Å². The van der Waals surface area contributed by atoms with Crippen molar-refractivity contribution >= 4 is 32.1 Å². The molecule has 1 fully saturated rings. The first kappa shape index (κ1) is 21.2. The second-order valence-corrected chi connectivity index (χ2v) is 11.2. The Bertz CT molecular complexity index is 1080. The first-order valence-electron chi connectivity index (χ1n) is 10.3. The molecule has 0 spiro atoms. The fraction of sp³-hybridized carbons (Fsp3) is 0.600. The molecule has 4 rings (SSSR count). The van der Waals surface area contributed by atoms with Crippen molar-refractivity contribution in [1.82, 2.24) is 19.5 Å². The largest absolute Gasteiger partial charge is 0.347 e. The van der Waals surface area contributed by atoms with Gasteiger partial charge in [0.2, 0.25) is 11.0 Å². The van der Waals surface area contributed by atoms with Crippen molar-refractivity contribution in [2.24, 2.45) is 5.92 Å². The summed E-state index contributed by atoms with van der Waals surface area (Å²) in [4.78, 5) is 12.0. The molecule has 1 aliphatic heterocycles. The van der Waals surface area contributed by atoms with Gasteiger partial charge < -0.3 is 9.42 Å². The molecule has 3 heterocycles. The van der Waals surface area contributed by atoms with Crippen molar-refractivity contribution in [3.05, 3.63) is 34.6 Å². The summed E-state index contributed by atoms with van der Waals surface area (Å²) in [6, 6.07) is 0. The number of nitrogens with zero attached hydrogens (tertiary/aromatic N) is 5. The molecule has 1 unspecified atom stereocenters. The van der Waals surface area contributed by atoms with Crippen molar-refractivity contribution in [2.75, 3.05) is 24.2 Å². The van der Waals surface area contributed by atoms with Gasteiger partial charge in [-0.05, 0) is 36.8 Å². The van der Waals surface area contributed by atoms with Crippen LogP contribution in [0.2, 0.25) is 0 Å². The molecule has 0 radical (unpaired) electrons. The van der Waals surface area contributed by atoms with Gasteiger partial charge in [-0.15, -0.1) is 0 Å². The Hall–Kier alpha value is -2.07. The fourth-order valence-electron chi connectivity index (χ4n) is 3.94. The second kappa shape index (κ2) is 8.22. The Balaban J connectivity index is 1.42. The molecule has 0 bridgehead atoms. The number of hydrogen-bond donors (Lipinski definition) is 0. The lowest BCUT2D eigenvalue weighted by atomic mass is 9.95. The number of anilines is 1. The standard InChI is InChI=1S/C20H27N5O3S2/c1-12(2)17-21-19(28-23-17)14-7-9-25(10-8-14)20-22-18(24-29-20)15-5-6-16(13(3)11-15)30(4,26)27/h5-6,12-14H,7-11H2,1-4H3. The van der Waals surface area contributed by atoms with E-state index in [1.165, 1.54) is 17.8 Å².